The Morgan fingerprint density at radius 2 is 1.56 bits per heavy atom. The monoisotopic (exact) mass is 440 g/mol. The maximum Gasteiger partial charge on any atom is 0.203 e. The van der Waals surface area contributed by atoms with Crippen LogP contribution in [-0.4, -0.2) is 76.4 Å². The summed E-state index contributed by atoms with van der Waals surface area (Å²) in [6, 6.07) is 14.6. The molecule has 174 valence electrons. The molecule has 1 aliphatic heterocycles. The Labute approximate surface area is 192 Å². The van der Waals surface area contributed by atoms with E-state index in [1.807, 2.05) is 12.1 Å². The summed E-state index contributed by atoms with van der Waals surface area (Å²) in [6.07, 6.45) is 0.955. The third-order valence-electron chi connectivity index (χ3n) is 5.64. The van der Waals surface area contributed by atoms with Crippen LogP contribution < -0.4 is 19.5 Å². The van der Waals surface area contributed by atoms with E-state index in [4.69, 9.17) is 19.2 Å². The number of nitrogens with one attached hydrogen (secondary N) is 1. The lowest BCUT2D eigenvalue weighted by atomic mass is 10.1. The van der Waals surface area contributed by atoms with E-state index in [0.29, 0.717) is 17.2 Å². The van der Waals surface area contributed by atoms with Crippen molar-refractivity contribution >= 4 is 5.96 Å². The summed E-state index contributed by atoms with van der Waals surface area (Å²) in [5, 5.41) is 3.46. The lowest BCUT2D eigenvalue weighted by Gasteiger charge is -2.36. The van der Waals surface area contributed by atoms with Gasteiger partial charge in [0.05, 0.1) is 21.3 Å². The number of hydrogen-bond acceptors (Lipinski definition) is 5. The highest BCUT2D eigenvalue weighted by atomic mass is 16.5. The Balaban J connectivity index is 1.57. The Hall–Kier alpha value is -2.93. The number of piperazine rings is 1. The van der Waals surface area contributed by atoms with Crippen molar-refractivity contribution in [2.75, 3.05) is 60.6 Å². The van der Waals surface area contributed by atoms with E-state index in [-0.39, 0.29) is 0 Å². The van der Waals surface area contributed by atoms with Crippen LogP contribution in [0.3, 0.4) is 0 Å². The van der Waals surface area contributed by atoms with Crippen LogP contribution in [0.15, 0.2) is 47.5 Å². The summed E-state index contributed by atoms with van der Waals surface area (Å²) < 4.78 is 16.4. The van der Waals surface area contributed by atoms with Crippen molar-refractivity contribution in [3.8, 4) is 17.2 Å². The molecule has 3 rings (SSSR count). The summed E-state index contributed by atoms with van der Waals surface area (Å²) in [5.74, 6) is 3.03. The third-order valence-corrected chi connectivity index (χ3v) is 5.64. The highest BCUT2D eigenvalue weighted by Crippen LogP contribution is 2.38. The van der Waals surface area contributed by atoms with Crippen LogP contribution in [0.25, 0.3) is 0 Å². The zero-order valence-corrected chi connectivity index (χ0v) is 19.8. The first-order chi connectivity index (χ1) is 15.7. The molecule has 7 heteroatoms. The lowest BCUT2D eigenvalue weighted by molar-refractivity contribution is 0.172. The zero-order valence-electron chi connectivity index (χ0n) is 19.8. The van der Waals surface area contributed by atoms with E-state index in [9.17, 15) is 0 Å². The number of benzene rings is 2. The fraction of sp³-hybridized carbons (Fsp3) is 0.480. The van der Waals surface area contributed by atoms with Crippen molar-refractivity contribution in [1.82, 2.24) is 15.1 Å². The smallest absolute Gasteiger partial charge is 0.203 e. The molecule has 1 aliphatic rings. The summed E-state index contributed by atoms with van der Waals surface area (Å²) in [5.41, 5.74) is 2.47. The maximum atomic E-state index is 5.50. The van der Waals surface area contributed by atoms with Crippen molar-refractivity contribution in [2.45, 2.75) is 19.9 Å². The van der Waals surface area contributed by atoms with E-state index >= 15 is 0 Å². The van der Waals surface area contributed by atoms with Crippen LogP contribution >= 0.6 is 0 Å². The molecule has 0 saturated carbocycles. The van der Waals surface area contributed by atoms with Crippen molar-refractivity contribution in [1.29, 1.82) is 0 Å². The largest absolute Gasteiger partial charge is 0.493 e. The minimum Gasteiger partial charge on any atom is -0.493 e. The average Bonchev–Trinajstić information content (AvgIpc) is 2.84. The Morgan fingerprint density at radius 1 is 0.906 bits per heavy atom. The van der Waals surface area contributed by atoms with Gasteiger partial charge >= 0.3 is 0 Å². The van der Waals surface area contributed by atoms with Gasteiger partial charge in [-0.25, -0.2) is 0 Å². The number of aliphatic imine (C=N–C) groups is 1. The molecule has 0 unspecified atom stereocenters. The summed E-state index contributed by atoms with van der Waals surface area (Å²) >= 11 is 0. The predicted octanol–water partition coefficient (Wildman–Crippen LogP) is 3.04. The minimum atomic E-state index is 0.630. The average molecular weight is 441 g/mol. The Bertz CT molecular complexity index is 840. The van der Waals surface area contributed by atoms with Gasteiger partial charge in [0, 0.05) is 45.8 Å². The molecule has 0 spiro atoms. The zero-order chi connectivity index (χ0) is 22.8. The van der Waals surface area contributed by atoms with Crippen LogP contribution in [0.1, 0.15) is 18.1 Å². The molecule has 1 saturated heterocycles. The van der Waals surface area contributed by atoms with Crippen molar-refractivity contribution in [2.24, 2.45) is 4.99 Å². The number of ether oxygens (including phenoxy) is 3. The number of nitrogens with zero attached hydrogens (tertiary/aromatic N) is 3. The normalized spacial score (nSPS) is 14.9. The second kappa shape index (κ2) is 12.2. The van der Waals surface area contributed by atoms with Gasteiger partial charge in [0.15, 0.2) is 17.5 Å². The highest BCUT2D eigenvalue weighted by Gasteiger charge is 2.21. The summed E-state index contributed by atoms with van der Waals surface area (Å²) in [6.45, 7) is 8.45. The van der Waals surface area contributed by atoms with Gasteiger partial charge in [0.2, 0.25) is 5.75 Å². The molecule has 1 fully saturated rings. The summed E-state index contributed by atoms with van der Waals surface area (Å²) in [7, 11) is 4.93. The van der Waals surface area contributed by atoms with Crippen molar-refractivity contribution in [3.63, 3.8) is 0 Å². The van der Waals surface area contributed by atoms with Gasteiger partial charge in [-0.3, -0.25) is 9.89 Å². The minimum absolute atomic E-state index is 0.630. The topological polar surface area (TPSA) is 58.6 Å². The molecule has 2 aromatic rings. The Morgan fingerprint density at radius 3 is 2.12 bits per heavy atom. The number of rotatable bonds is 9. The standard InChI is InChI=1S/C25H36N4O3/c1-5-26-25(27-12-11-20-9-7-6-8-10-20)29-15-13-28(14-16-29)19-21-17-22(30-2)24(32-4)23(18-21)31-3/h6-10,17-18H,5,11-16,19H2,1-4H3,(H,26,27). The second-order valence-corrected chi connectivity index (χ2v) is 7.77. The van der Waals surface area contributed by atoms with Gasteiger partial charge in [0.1, 0.15) is 0 Å². The van der Waals surface area contributed by atoms with E-state index < -0.39 is 0 Å². The molecule has 1 heterocycles. The molecule has 0 aliphatic carbocycles. The fourth-order valence-corrected chi connectivity index (χ4v) is 3.96. The molecular weight excluding hydrogens is 404 g/mol. The van der Waals surface area contributed by atoms with Crippen molar-refractivity contribution in [3.05, 3.63) is 53.6 Å². The maximum absolute atomic E-state index is 5.50. The van der Waals surface area contributed by atoms with E-state index in [1.165, 1.54) is 5.56 Å². The molecular formula is C25H36N4O3. The quantitative estimate of drug-likeness (QED) is 0.478. The fourth-order valence-electron chi connectivity index (χ4n) is 3.96. The third kappa shape index (κ3) is 6.29. The van der Waals surface area contributed by atoms with E-state index in [1.54, 1.807) is 21.3 Å². The SMILES string of the molecule is CCNC(=NCCc1ccccc1)N1CCN(Cc2cc(OC)c(OC)c(OC)c2)CC1. The van der Waals surface area contributed by atoms with E-state index in [0.717, 1.165) is 63.8 Å². The van der Waals surface area contributed by atoms with Gasteiger partial charge in [-0.2, -0.15) is 0 Å². The molecule has 0 radical (unpaired) electrons. The molecule has 0 atom stereocenters. The first kappa shape index (κ1) is 23.7. The molecule has 1 N–H and O–H groups in total. The second-order valence-electron chi connectivity index (χ2n) is 7.77. The van der Waals surface area contributed by atoms with Crippen LogP contribution in [-0.2, 0) is 13.0 Å². The van der Waals surface area contributed by atoms with Crippen LogP contribution in [0.4, 0.5) is 0 Å². The van der Waals surface area contributed by atoms with Gasteiger partial charge in [0.25, 0.3) is 0 Å². The van der Waals surface area contributed by atoms with Crippen molar-refractivity contribution < 1.29 is 14.2 Å². The first-order valence-corrected chi connectivity index (χ1v) is 11.3. The molecule has 0 aromatic heterocycles. The van der Waals surface area contributed by atoms with Crippen LogP contribution in [0.5, 0.6) is 17.2 Å². The predicted molar refractivity (Wildman–Crippen MR) is 129 cm³/mol. The number of guanidine groups is 1. The van der Waals surface area contributed by atoms with Crippen LogP contribution in [0.2, 0.25) is 0 Å². The summed E-state index contributed by atoms with van der Waals surface area (Å²) in [4.78, 5) is 9.68. The van der Waals surface area contributed by atoms with Crippen LogP contribution in [0, 0.1) is 0 Å². The Kier molecular flexibility index (Phi) is 9.04. The molecule has 0 bridgehead atoms. The molecule has 7 nitrogen and oxygen atoms in total. The first-order valence-electron chi connectivity index (χ1n) is 11.3. The number of hydrogen-bond donors (Lipinski definition) is 1. The molecule has 32 heavy (non-hydrogen) atoms. The molecule has 0 amide bonds. The number of methoxy groups -OCH3 is 3. The molecule has 2 aromatic carbocycles. The van der Waals surface area contributed by atoms with Gasteiger partial charge in [-0.05, 0) is 36.6 Å². The lowest BCUT2D eigenvalue weighted by Crippen LogP contribution is -2.52. The van der Waals surface area contributed by atoms with Gasteiger partial charge < -0.3 is 24.4 Å². The van der Waals surface area contributed by atoms with E-state index in [2.05, 4.69) is 52.4 Å². The van der Waals surface area contributed by atoms with Gasteiger partial charge in [-0.15, -0.1) is 0 Å². The highest BCUT2D eigenvalue weighted by molar-refractivity contribution is 5.80. The van der Waals surface area contributed by atoms with Gasteiger partial charge in [-0.1, -0.05) is 30.3 Å².